The molecule has 2 aliphatic heterocycles. The molecule has 0 aliphatic carbocycles. The van der Waals surface area contributed by atoms with Crippen molar-refractivity contribution in [3.8, 4) is 6.07 Å². The highest BCUT2D eigenvalue weighted by atomic mass is 35.5. The summed E-state index contributed by atoms with van der Waals surface area (Å²) in [5, 5.41) is 10.6. The van der Waals surface area contributed by atoms with Gasteiger partial charge in [-0.15, -0.1) is 0 Å². The molecular formula is C21H21ClN4O. The van der Waals surface area contributed by atoms with Gasteiger partial charge in [-0.3, -0.25) is 14.7 Å². The molecule has 2 aliphatic rings. The summed E-state index contributed by atoms with van der Waals surface area (Å²) in [5.41, 5.74) is 6.96. The van der Waals surface area contributed by atoms with E-state index in [4.69, 9.17) is 17.3 Å². The summed E-state index contributed by atoms with van der Waals surface area (Å²) < 4.78 is 0. The second-order valence-corrected chi connectivity index (χ2v) is 7.98. The molecular weight excluding hydrogens is 360 g/mol. The van der Waals surface area contributed by atoms with Crippen molar-refractivity contribution in [2.75, 3.05) is 0 Å². The summed E-state index contributed by atoms with van der Waals surface area (Å²) in [6, 6.07) is 13.9. The molecule has 1 aromatic carbocycles. The Morgan fingerprint density at radius 1 is 1.26 bits per heavy atom. The molecule has 3 heterocycles. The number of piperidine rings is 1. The number of fused-ring (bicyclic) bond motifs is 2. The molecule has 1 amide bonds. The zero-order valence-corrected chi connectivity index (χ0v) is 15.6. The number of carbonyl (C=O) groups is 1. The Kier molecular flexibility index (Phi) is 4.63. The fraction of sp³-hybridized carbons (Fsp3) is 0.381. The van der Waals surface area contributed by atoms with Crippen molar-refractivity contribution in [2.45, 2.75) is 49.2 Å². The summed E-state index contributed by atoms with van der Waals surface area (Å²) in [5.74, 6) is -0.341. The Labute approximate surface area is 163 Å². The lowest BCUT2D eigenvalue weighted by atomic mass is 9.71. The van der Waals surface area contributed by atoms with Crippen LogP contribution < -0.4 is 5.73 Å². The van der Waals surface area contributed by atoms with Crippen LogP contribution in [-0.4, -0.2) is 27.9 Å². The van der Waals surface area contributed by atoms with Gasteiger partial charge in [0.2, 0.25) is 5.91 Å². The van der Waals surface area contributed by atoms with Crippen molar-refractivity contribution in [1.82, 2.24) is 9.88 Å². The van der Waals surface area contributed by atoms with E-state index in [0.29, 0.717) is 17.9 Å². The Bertz CT molecular complexity index is 881. The third-order valence-electron chi connectivity index (χ3n) is 6.00. The van der Waals surface area contributed by atoms with Gasteiger partial charge in [0.25, 0.3) is 0 Å². The third-order valence-corrected chi connectivity index (χ3v) is 6.21. The third kappa shape index (κ3) is 3.09. The lowest BCUT2D eigenvalue weighted by molar-refractivity contribution is -0.126. The van der Waals surface area contributed by atoms with Crippen LogP contribution in [0.1, 0.15) is 42.9 Å². The van der Waals surface area contributed by atoms with E-state index in [2.05, 4.69) is 16.0 Å². The first-order chi connectivity index (χ1) is 13.0. The minimum Gasteiger partial charge on any atom is -0.368 e. The predicted octanol–water partition coefficient (Wildman–Crippen LogP) is 3.35. The summed E-state index contributed by atoms with van der Waals surface area (Å²) in [4.78, 5) is 18.8. The van der Waals surface area contributed by atoms with Crippen LogP contribution in [0.4, 0.5) is 0 Å². The molecule has 6 heteroatoms. The predicted molar refractivity (Wildman–Crippen MR) is 103 cm³/mol. The van der Waals surface area contributed by atoms with Gasteiger partial charge in [0.05, 0.1) is 16.5 Å². The molecule has 27 heavy (non-hydrogen) atoms. The molecule has 2 N–H and O–H groups in total. The second-order valence-electron chi connectivity index (χ2n) is 7.54. The lowest BCUT2D eigenvalue weighted by Crippen LogP contribution is -2.53. The number of pyridine rings is 1. The number of nitrogens with zero attached hydrogens (tertiary/aromatic N) is 3. The van der Waals surface area contributed by atoms with Crippen molar-refractivity contribution in [2.24, 2.45) is 5.73 Å². The zero-order valence-electron chi connectivity index (χ0n) is 14.9. The number of nitrogens with two attached hydrogens (primary N) is 1. The van der Waals surface area contributed by atoms with Crippen LogP contribution in [0.2, 0.25) is 5.02 Å². The fourth-order valence-corrected chi connectivity index (χ4v) is 5.06. The topological polar surface area (TPSA) is 83.0 Å². The molecule has 5 nitrogen and oxygen atoms in total. The summed E-state index contributed by atoms with van der Waals surface area (Å²) in [6.07, 6.45) is 6.54. The Balaban J connectivity index is 1.69. The average molecular weight is 381 g/mol. The molecule has 2 saturated heterocycles. The van der Waals surface area contributed by atoms with E-state index in [1.165, 1.54) is 0 Å². The number of nitriles is 1. The van der Waals surface area contributed by atoms with Crippen molar-refractivity contribution in [3.63, 3.8) is 0 Å². The average Bonchev–Trinajstić information content (AvgIpc) is 2.92. The highest BCUT2D eigenvalue weighted by molar-refractivity contribution is 6.30. The molecule has 0 saturated carbocycles. The van der Waals surface area contributed by atoms with E-state index in [1.807, 2.05) is 36.4 Å². The summed E-state index contributed by atoms with van der Waals surface area (Å²) >= 11 is 6.13. The van der Waals surface area contributed by atoms with Gasteiger partial charge in [-0.25, -0.2) is 0 Å². The van der Waals surface area contributed by atoms with Gasteiger partial charge in [-0.1, -0.05) is 41.9 Å². The van der Waals surface area contributed by atoms with Gasteiger partial charge in [-0.05, 0) is 42.9 Å². The van der Waals surface area contributed by atoms with Crippen molar-refractivity contribution in [1.29, 1.82) is 5.26 Å². The first kappa shape index (κ1) is 18.0. The Morgan fingerprint density at radius 3 is 2.48 bits per heavy atom. The minimum absolute atomic E-state index is 0.125. The quantitative estimate of drug-likeness (QED) is 0.881. The van der Waals surface area contributed by atoms with E-state index in [-0.39, 0.29) is 18.0 Å². The molecule has 0 spiro atoms. The maximum Gasteiger partial charge on any atom is 0.239 e. The van der Waals surface area contributed by atoms with Gasteiger partial charge in [-0.2, -0.15) is 5.26 Å². The van der Waals surface area contributed by atoms with Crippen molar-refractivity contribution < 1.29 is 4.79 Å². The van der Waals surface area contributed by atoms with E-state index >= 15 is 0 Å². The Morgan fingerprint density at radius 2 is 1.93 bits per heavy atom. The molecule has 3 unspecified atom stereocenters. The van der Waals surface area contributed by atoms with Crippen molar-refractivity contribution in [3.05, 3.63) is 64.9 Å². The number of benzene rings is 1. The summed E-state index contributed by atoms with van der Waals surface area (Å²) in [7, 11) is 0. The van der Waals surface area contributed by atoms with Crippen LogP contribution in [0.3, 0.4) is 0 Å². The molecule has 3 atom stereocenters. The van der Waals surface area contributed by atoms with E-state index < -0.39 is 11.5 Å². The largest absolute Gasteiger partial charge is 0.368 e. The van der Waals surface area contributed by atoms with Gasteiger partial charge in [0.1, 0.15) is 6.04 Å². The van der Waals surface area contributed by atoms with E-state index in [9.17, 15) is 10.1 Å². The smallest absolute Gasteiger partial charge is 0.239 e. The highest BCUT2D eigenvalue weighted by Crippen LogP contribution is 2.50. The second kappa shape index (κ2) is 6.95. The lowest BCUT2D eigenvalue weighted by Gasteiger charge is -2.46. The number of hydrogen-bond acceptors (Lipinski definition) is 4. The van der Waals surface area contributed by atoms with Gasteiger partial charge >= 0.3 is 0 Å². The first-order valence-corrected chi connectivity index (χ1v) is 9.56. The summed E-state index contributed by atoms with van der Waals surface area (Å²) in [6.45, 7) is 0. The van der Waals surface area contributed by atoms with Crippen LogP contribution in [0, 0.1) is 11.3 Å². The molecule has 0 radical (unpaired) electrons. The van der Waals surface area contributed by atoms with E-state index in [1.54, 1.807) is 12.4 Å². The highest BCUT2D eigenvalue weighted by Gasteiger charge is 2.52. The number of amides is 1. The number of aromatic nitrogens is 1. The maximum atomic E-state index is 12.4. The molecule has 2 aromatic rings. The van der Waals surface area contributed by atoms with E-state index in [0.717, 1.165) is 24.0 Å². The SMILES string of the molecule is N#CC1(c2cncc(Cl)c2)CC2CCC(C1)N2C(C(N)=O)c1ccccc1. The number of primary amides is 1. The standard InChI is InChI=1S/C21H21ClN4O/c22-16-8-15(11-25-12-16)21(13-23)9-17-6-7-18(10-21)26(17)19(20(24)27)14-4-2-1-3-5-14/h1-5,8,11-12,17-19H,6-7,9-10H2,(H2,24,27). The monoisotopic (exact) mass is 380 g/mol. The van der Waals surface area contributed by atoms with Crippen LogP contribution in [0.5, 0.6) is 0 Å². The van der Waals surface area contributed by atoms with Crippen LogP contribution in [-0.2, 0) is 10.2 Å². The molecule has 2 fully saturated rings. The molecule has 2 bridgehead atoms. The number of carbonyl (C=O) groups excluding carboxylic acids is 1. The normalized spacial score (nSPS) is 28.4. The zero-order chi connectivity index (χ0) is 19.0. The van der Waals surface area contributed by atoms with Crippen molar-refractivity contribution >= 4 is 17.5 Å². The fourth-order valence-electron chi connectivity index (χ4n) is 4.89. The van der Waals surface area contributed by atoms with Gasteiger partial charge in [0.15, 0.2) is 0 Å². The number of hydrogen-bond donors (Lipinski definition) is 1. The van der Waals surface area contributed by atoms with Crippen LogP contribution >= 0.6 is 11.6 Å². The Hall–Kier alpha value is -2.42. The van der Waals surface area contributed by atoms with Crippen LogP contribution in [0.15, 0.2) is 48.8 Å². The van der Waals surface area contributed by atoms with Gasteiger partial charge in [0, 0.05) is 24.5 Å². The molecule has 1 aromatic heterocycles. The molecule has 138 valence electrons. The van der Waals surface area contributed by atoms with Crippen LogP contribution in [0.25, 0.3) is 0 Å². The molecule has 4 rings (SSSR count). The first-order valence-electron chi connectivity index (χ1n) is 9.18. The van der Waals surface area contributed by atoms with Gasteiger partial charge < -0.3 is 5.73 Å². The maximum absolute atomic E-state index is 12.4. The number of rotatable bonds is 4. The number of halogens is 1. The minimum atomic E-state index is -0.626.